The first-order valence-electron chi connectivity index (χ1n) is 12.9. The number of nitrogens with zero attached hydrogens (tertiary/aromatic N) is 3. The molecule has 1 rings (SSSR count). The van der Waals surface area contributed by atoms with Crippen LogP contribution in [0.5, 0.6) is 0 Å². The van der Waals surface area contributed by atoms with E-state index in [1.165, 1.54) is 84.5 Å². The number of hydrogen-bond donors (Lipinski definition) is 0. The van der Waals surface area contributed by atoms with Crippen molar-refractivity contribution in [1.82, 2.24) is 0 Å². The van der Waals surface area contributed by atoms with Gasteiger partial charge in [-0.15, -0.1) is 5.10 Å². The standard InChI is InChI=1S/C26H45N3O3/c1-22(30)18-19-24(23(2)31)20-26(32)17-15-13-11-9-7-5-3-4-6-8-10-12-14-16-25-21-27-29-28-25/h24H,3-21H2,1-2H3/t24-/m1/s1. The van der Waals surface area contributed by atoms with Crippen LogP contribution in [0.1, 0.15) is 129 Å². The molecule has 0 bridgehead atoms. The first-order valence-corrected chi connectivity index (χ1v) is 12.9. The summed E-state index contributed by atoms with van der Waals surface area (Å²) in [6.45, 7) is 3.77. The molecule has 1 aliphatic rings. The Morgan fingerprint density at radius 3 is 1.75 bits per heavy atom. The van der Waals surface area contributed by atoms with E-state index in [0.29, 0.717) is 32.2 Å². The van der Waals surface area contributed by atoms with Gasteiger partial charge in [0.1, 0.15) is 23.9 Å². The summed E-state index contributed by atoms with van der Waals surface area (Å²) in [5.41, 5.74) is 1.14. The molecule has 0 aromatic carbocycles. The van der Waals surface area contributed by atoms with Gasteiger partial charge >= 0.3 is 0 Å². The maximum Gasteiger partial charge on any atom is 0.133 e. The van der Waals surface area contributed by atoms with E-state index < -0.39 is 0 Å². The molecule has 0 radical (unpaired) electrons. The maximum absolute atomic E-state index is 12.1. The van der Waals surface area contributed by atoms with Crippen LogP contribution in [0.4, 0.5) is 0 Å². The van der Waals surface area contributed by atoms with Crippen molar-refractivity contribution >= 4 is 23.1 Å². The summed E-state index contributed by atoms with van der Waals surface area (Å²) in [5, 5.41) is 11.5. The van der Waals surface area contributed by atoms with Crippen LogP contribution in [-0.4, -0.2) is 29.6 Å². The van der Waals surface area contributed by atoms with Gasteiger partial charge in [-0.3, -0.25) is 9.59 Å². The van der Waals surface area contributed by atoms with Crippen LogP contribution >= 0.6 is 0 Å². The number of Topliss-reactive ketones (excluding diaryl/α,β-unsaturated/α-hetero) is 3. The molecule has 32 heavy (non-hydrogen) atoms. The Labute approximate surface area is 195 Å². The fourth-order valence-corrected chi connectivity index (χ4v) is 4.17. The van der Waals surface area contributed by atoms with E-state index in [9.17, 15) is 14.4 Å². The van der Waals surface area contributed by atoms with Crippen LogP contribution in [0.15, 0.2) is 15.4 Å². The summed E-state index contributed by atoms with van der Waals surface area (Å²) < 4.78 is 0. The van der Waals surface area contributed by atoms with Gasteiger partial charge in [0.25, 0.3) is 0 Å². The van der Waals surface area contributed by atoms with Crippen molar-refractivity contribution in [2.24, 2.45) is 21.4 Å². The SMILES string of the molecule is CC(=O)CC[C@H](CC(=O)CCCCCCCCCCCCCCCC1=NN=NC1)C(C)=O. The summed E-state index contributed by atoms with van der Waals surface area (Å²) in [5.74, 6) is 0.0136. The first-order chi connectivity index (χ1) is 15.5. The van der Waals surface area contributed by atoms with E-state index >= 15 is 0 Å². The van der Waals surface area contributed by atoms with Gasteiger partial charge in [-0.2, -0.15) is 5.11 Å². The molecule has 182 valence electrons. The summed E-state index contributed by atoms with van der Waals surface area (Å²) in [7, 11) is 0. The minimum absolute atomic E-state index is 0.0302. The topological polar surface area (TPSA) is 88.3 Å². The lowest BCUT2D eigenvalue weighted by Gasteiger charge is -2.12. The quantitative estimate of drug-likeness (QED) is 0.164. The number of unbranched alkanes of at least 4 members (excludes halogenated alkanes) is 12. The van der Waals surface area contributed by atoms with Gasteiger partial charge in [-0.1, -0.05) is 70.6 Å². The van der Waals surface area contributed by atoms with Crippen molar-refractivity contribution in [1.29, 1.82) is 0 Å². The zero-order valence-electron chi connectivity index (χ0n) is 20.6. The minimum Gasteiger partial charge on any atom is -0.300 e. The molecule has 0 spiro atoms. The maximum atomic E-state index is 12.1. The second-order valence-corrected chi connectivity index (χ2v) is 9.44. The molecule has 1 heterocycles. The van der Waals surface area contributed by atoms with Crippen LogP contribution in [0, 0.1) is 5.92 Å². The van der Waals surface area contributed by atoms with E-state index in [0.717, 1.165) is 25.0 Å². The fraction of sp³-hybridized carbons (Fsp3) is 0.846. The predicted octanol–water partition coefficient (Wildman–Crippen LogP) is 7.19. The highest BCUT2D eigenvalue weighted by atomic mass is 16.1. The van der Waals surface area contributed by atoms with Crippen LogP contribution in [0.25, 0.3) is 0 Å². The summed E-state index contributed by atoms with van der Waals surface area (Å²) in [6, 6.07) is 0. The minimum atomic E-state index is -0.272. The summed E-state index contributed by atoms with van der Waals surface area (Å²) >= 11 is 0. The average Bonchev–Trinajstić information content (AvgIpc) is 3.27. The summed E-state index contributed by atoms with van der Waals surface area (Å²) in [6.07, 6.45) is 19.1. The Morgan fingerprint density at radius 2 is 1.28 bits per heavy atom. The highest BCUT2D eigenvalue weighted by Crippen LogP contribution is 2.17. The molecule has 1 atom stereocenters. The van der Waals surface area contributed by atoms with E-state index in [1.807, 2.05) is 0 Å². The lowest BCUT2D eigenvalue weighted by atomic mass is 9.91. The number of rotatable bonds is 22. The van der Waals surface area contributed by atoms with Gasteiger partial charge in [-0.25, -0.2) is 0 Å². The van der Waals surface area contributed by atoms with Crippen molar-refractivity contribution in [3.05, 3.63) is 0 Å². The smallest absolute Gasteiger partial charge is 0.133 e. The third-order valence-electron chi connectivity index (χ3n) is 6.32. The third-order valence-corrected chi connectivity index (χ3v) is 6.32. The largest absolute Gasteiger partial charge is 0.300 e. The molecule has 6 heteroatoms. The zero-order chi connectivity index (χ0) is 23.4. The van der Waals surface area contributed by atoms with Crippen LogP contribution in [-0.2, 0) is 14.4 Å². The number of carbonyl (C=O) groups is 3. The Balaban J connectivity index is 1.83. The average molecular weight is 448 g/mol. The van der Waals surface area contributed by atoms with E-state index in [-0.39, 0.29) is 23.3 Å². The highest BCUT2D eigenvalue weighted by Gasteiger charge is 2.18. The molecular formula is C26H45N3O3. The molecule has 0 N–H and O–H groups in total. The molecule has 0 aliphatic carbocycles. The molecule has 0 amide bonds. The van der Waals surface area contributed by atoms with Gasteiger partial charge in [0, 0.05) is 25.2 Å². The zero-order valence-corrected chi connectivity index (χ0v) is 20.6. The lowest BCUT2D eigenvalue weighted by molar-refractivity contribution is -0.127. The van der Waals surface area contributed by atoms with E-state index in [1.54, 1.807) is 0 Å². The normalized spacial score (nSPS) is 13.9. The molecule has 0 saturated carbocycles. The second-order valence-electron chi connectivity index (χ2n) is 9.44. The molecule has 0 saturated heterocycles. The van der Waals surface area contributed by atoms with Crippen molar-refractivity contribution in [2.75, 3.05) is 6.54 Å². The molecule has 0 aromatic rings. The van der Waals surface area contributed by atoms with Crippen molar-refractivity contribution in [2.45, 2.75) is 129 Å². The van der Waals surface area contributed by atoms with Gasteiger partial charge in [-0.05, 0) is 44.8 Å². The van der Waals surface area contributed by atoms with Crippen LogP contribution in [0.2, 0.25) is 0 Å². The second kappa shape index (κ2) is 18.8. The Morgan fingerprint density at radius 1 is 0.750 bits per heavy atom. The molecule has 0 unspecified atom stereocenters. The number of hydrogen-bond acceptors (Lipinski definition) is 6. The lowest BCUT2D eigenvalue weighted by Crippen LogP contribution is -2.17. The molecule has 1 aliphatic heterocycles. The molecular weight excluding hydrogens is 402 g/mol. The monoisotopic (exact) mass is 447 g/mol. The van der Waals surface area contributed by atoms with Gasteiger partial charge in [0.05, 0.1) is 5.71 Å². The van der Waals surface area contributed by atoms with Gasteiger partial charge in [0.15, 0.2) is 0 Å². The van der Waals surface area contributed by atoms with Gasteiger partial charge in [0.2, 0.25) is 0 Å². The van der Waals surface area contributed by atoms with Gasteiger partial charge < -0.3 is 4.79 Å². The van der Waals surface area contributed by atoms with Crippen molar-refractivity contribution in [3.63, 3.8) is 0 Å². The fourth-order valence-electron chi connectivity index (χ4n) is 4.17. The first kappa shape index (κ1) is 28.3. The highest BCUT2D eigenvalue weighted by molar-refractivity contribution is 5.87. The molecule has 0 fully saturated rings. The Hall–Kier alpha value is -1.72. The van der Waals surface area contributed by atoms with Crippen molar-refractivity contribution in [3.8, 4) is 0 Å². The molecule has 6 nitrogen and oxygen atoms in total. The Kier molecular flexibility index (Phi) is 16.6. The third kappa shape index (κ3) is 16.0. The van der Waals surface area contributed by atoms with Crippen LogP contribution < -0.4 is 0 Å². The number of ketones is 3. The van der Waals surface area contributed by atoms with E-state index in [4.69, 9.17) is 0 Å². The molecule has 0 aromatic heterocycles. The van der Waals surface area contributed by atoms with E-state index in [2.05, 4.69) is 15.4 Å². The summed E-state index contributed by atoms with van der Waals surface area (Å²) in [4.78, 5) is 34.9. The van der Waals surface area contributed by atoms with Crippen molar-refractivity contribution < 1.29 is 14.4 Å². The number of carbonyl (C=O) groups excluding carboxylic acids is 3. The predicted molar refractivity (Wildman–Crippen MR) is 130 cm³/mol. The van der Waals surface area contributed by atoms with Crippen LogP contribution in [0.3, 0.4) is 0 Å². The Bertz CT molecular complexity index is 613.